The molecule has 3 fully saturated rings. The standard InChI is InChI=1S/C47H52N2O13/c1-25-31(48-42(56)36(53)35(28-16-10-7-11-17-28)49-41(55)29-18-12-8-13-19-29)23-47(58)40(61-43(57)30-20-14-9-15-21-30)38-45(6,32(52)22-33-46(38,24-59-33)62-27(3)51)39(54)37(60-26(2)50)34(25)44(47,4)5/h7-21,31-33,35-38,40,52-53,58H,22-24H2,1-6H3,(H,48,56)(H,49,55)/t31?,32-,33+,35?,36?,37+,38?,40?,45+,46-,47+/m0/s1. The van der Waals surface area contributed by atoms with Crippen molar-refractivity contribution in [1.82, 2.24) is 10.6 Å². The maximum absolute atomic E-state index is 15.5. The minimum Gasteiger partial charge on any atom is -0.455 e. The van der Waals surface area contributed by atoms with Gasteiger partial charge in [-0.1, -0.05) is 80.6 Å². The van der Waals surface area contributed by atoms with Crippen molar-refractivity contribution in [3.05, 3.63) is 119 Å². The van der Waals surface area contributed by atoms with E-state index in [1.165, 1.54) is 19.1 Å². The molecule has 0 aromatic heterocycles. The Morgan fingerprint density at radius 3 is 1.97 bits per heavy atom. The minimum atomic E-state index is -2.33. The van der Waals surface area contributed by atoms with Crippen LogP contribution in [0.4, 0.5) is 0 Å². The van der Waals surface area contributed by atoms with Crippen molar-refractivity contribution >= 4 is 35.5 Å². The molecule has 4 aliphatic rings. The highest BCUT2D eigenvalue weighted by atomic mass is 16.6. The van der Waals surface area contributed by atoms with E-state index in [2.05, 4.69) is 10.6 Å². The zero-order valence-electron chi connectivity index (χ0n) is 35.3. The molecule has 2 bridgehead atoms. The molecule has 2 saturated carbocycles. The smallest absolute Gasteiger partial charge is 0.338 e. The Kier molecular flexibility index (Phi) is 11.8. The second-order valence-electron chi connectivity index (χ2n) is 17.5. The average Bonchev–Trinajstić information content (AvgIpc) is 3.24. The van der Waals surface area contributed by atoms with Crippen molar-refractivity contribution < 1.29 is 63.0 Å². The van der Waals surface area contributed by atoms with E-state index in [4.69, 9.17) is 18.9 Å². The number of nitrogens with one attached hydrogen (secondary N) is 2. The van der Waals surface area contributed by atoms with Crippen LogP contribution in [-0.2, 0) is 38.1 Å². The van der Waals surface area contributed by atoms with Crippen LogP contribution in [-0.4, -0.2) is 105 Å². The fourth-order valence-electron chi connectivity index (χ4n) is 10.3. The van der Waals surface area contributed by atoms with E-state index in [1.807, 2.05) is 0 Å². The van der Waals surface area contributed by atoms with E-state index in [0.717, 1.165) is 13.8 Å². The van der Waals surface area contributed by atoms with E-state index < -0.39 is 112 Å². The number of rotatable bonds is 10. The molecule has 0 spiro atoms. The van der Waals surface area contributed by atoms with Gasteiger partial charge in [-0.05, 0) is 54.8 Å². The monoisotopic (exact) mass is 852 g/mol. The lowest BCUT2D eigenvalue weighted by Gasteiger charge is -2.67. The van der Waals surface area contributed by atoms with Crippen LogP contribution in [0.2, 0.25) is 0 Å². The Hall–Kier alpha value is -5.74. The predicted octanol–water partition coefficient (Wildman–Crippen LogP) is 3.31. The van der Waals surface area contributed by atoms with Crippen molar-refractivity contribution in [3.63, 3.8) is 0 Å². The van der Waals surface area contributed by atoms with Gasteiger partial charge < -0.3 is 44.9 Å². The third kappa shape index (κ3) is 7.29. The molecule has 2 amide bonds. The van der Waals surface area contributed by atoms with Gasteiger partial charge >= 0.3 is 17.9 Å². The summed E-state index contributed by atoms with van der Waals surface area (Å²) in [5.74, 6) is -6.45. The van der Waals surface area contributed by atoms with Gasteiger partial charge in [-0.15, -0.1) is 0 Å². The van der Waals surface area contributed by atoms with Crippen LogP contribution in [0, 0.1) is 16.7 Å². The highest BCUT2D eigenvalue weighted by Gasteiger charge is 2.78. The number of ketones is 1. The summed E-state index contributed by atoms with van der Waals surface area (Å²) < 4.78 is 24.3. The number of hydrogen-bond acceptors (Lipinski definition) is 13. The Balaban J connectivity index is 1.39. The number of esters is 3. The minimum absolute atomic E-state index is 0.0596. The summed E-state index contributed by atoms with van der Waals surface area (Å²) in [5, 5.41) is 43.2. The lowest BCUT2D eigenvalue weighted by molar-refractivity contribution is -0.345. The number of fused-ring (bicyclic) bond motifs is 5. The van der Waals surface area contributed by atoms with Crippen LogP contribution in [0.25, 0.3) is 0 Å². The van der Waals surface area contributed by atoms with E-state index in [0.29, 0.717) is 5.56 Å². The fraction of sp³-hybridized carbons (Fsp3) is 0.447. The number of benzene rings is 3. The maximum Gasteiger partial charge on any atom is 0.338 e. The number of aliphatic hydroxyl groups is 3. The van der Waals surface area contributed by atoms with Crippen LogP contribution in [0.1, 0.15) is 86.7 Å². The SMILES string of the molecule is CC(=O)O[C@H]1C(=O)[C@@]2(C)C(C(OC(=O)c3ccccc3)[C@]3(O)CC(NC(=O)C(O)C(NC(=O)c4ccccc4)c4ccccc4)C(C)=C1C3(C)C)[C@]1(OC(C)=O)CO[C@@H]1C[C@@H]2O. The van der Waals surface area contributed by atoms with Gasteiger partial charge in [-0.3, -0.25) is 24.0 Å². The molecule has 62 heavy (non-hydrogen) atoms. The molecule has 5 N–H and O–H groups in total. The van der Waals surface area contributed by atoms with Gasteiger partial charge in [0.2, 0.25) is 0 Å². The normalized spacial score (nSPS) is 31.9. The number of hydrogen-bond donors (Lipinski definition) is 5. The molecule has 0 radical (unpaired) electrons. The van der Waals surface area contributed by atoms with Gasteiger partial charge in [0.1, 0.15) is 17.8 Å². The molecular weight excluding hydrogens is 801 g/mol. The number of Topliss-reactive ketones (excluding diaryl/α,β-unsaturated/α-hetero) is 1. The second kappa shape index (κ2) is 16.5. The number of amides is 2. The maximum atomic E-state index is 15.5. The Labute approximate surface area is 358 Å². The molecule has 3 aromatic carbocycles. The van der Waals surface area contributed by atoms with Crippen molar-refractivity contribution in [1.29, 1.82) is 0 Å². The molecular formula is C47H52N2O13. The summed E-state index contributed by atoms with van der Waals surface area (Å²) in [6, 6.07) is 22.0. The van der Waals surface area contributed by atoms with Crippen molar-refractivity contribution in [2.75, 3.05) is 6.61 Å². The van der Waals surface area contributed by atoms with Crippen molar-refractivity contribution in [2.24, 2.45) is 16.7 Å². The Bertz CT molecular complexity index is 2280. The summed E-state index contributed by atoms with van der Waals surface area (Å²) in [6.45, 7) is 8.15. The summed E-state index contributed by atoms with van der Waals surface area (Å²) >= 11 is 0. The first-order chi connectivity index (χ1) is 29.3. The van der Waals surface area contributed by atoms with E-state index in [-0.39, 0.29) is 35.3 Å². The second-order valence-corrected chi connectivity index (χ2v) is 17.5. The van der Waals surface area contributed by atoms with Gasteiger partial charge in [-0.2, -0.15) is 0 Å². The van der Waals surface area contributed by atoms with Crippen molar-refractivity contribution in [3.8, 4) is 0 Å². The Morgan fingerprint density at radius 2 is 1.42 bits per heavy atom. The summed E-state index contributed by atoms with van der Waals surface area (Å²) in [4.78, 5) is 83.6. The molecule has 7 rings (SSSR count). The number of aliphatic hydroxyl groups excluding tert-OH is 2. The van der Waals surface area contributed by atoms with Crippen molar-refractivity contribution in [2.45, 2.75) is 108 Å². The van der Waals surface area contributed by atoms with Crippen LogP contribution in [0.15, 0.2) is 102 Å². The summed E-state index contributed by atoms with van der Waals surface area (Å²) in [5.41, 5.74) is -6.63. The molecule has 1 saturated heterocycles. The van der Waals surface area contributed by atoms with Crippen LogP contribution in [0.3, 0.4) is 0 Å². The first-order valence-electron chi connectivity index (χ1n) is 20.6. The van der Waals surface area contributed by atoms with Gasteiger partial charge in [-0.25, -0.2) is 4.79 Å². The third-order valence-electron chi connectivity index (χ3n) is 13.6. The van der Waals surface area contributed by atoms with Crippen LogP contribution < -0.4 is 10.6 Å². The number of carbonyl (C=O) groups excluding carboxylic acids is 6. The first-order valence-corrected chi connectivity index (χ1v) is 20.6. The molecule has 3 aromatic rings. The number of carbonyl (C=O) groups is 6. The quantitative estimate of drug-likeness (QED) is 0.112. The molecule has 328 valence electrons. The first kappa shape index (κ1) is 44.3. The van der Waals surface area contributed by atoms with Gasteiger partial charge in [0.15, 0.2) is 23.6 Å². The molecule has 5 unspecified atom stereocenters. The molecule has 15 heteroatoms. The third-order valence-corrected chi connectivity index (χ3v) is 13.6. The Morgan fingerprint density at radius 1 is 0.839 bits per heavy atom. The largest absolute Gasteiger partial charge is 0.455 e. The van der Waals surface area contributed by atoms with E-state index >= 15 is 4.79 Å². The molecule has 1 aliphatic heterocycles. The lowest BCUT2D eigenvalue weighted by Crippen LogP contribution is -2.82. The van der Waals surface area contributed by atoms with Gasteiger partial charge in [0, 0.05) is 37.7 Å². The summed E-state index contributed by atoms with van der Waals surface area (Å²) in [6.07, 6.45) is -8.67. The average molecular weight is 853 g/mol. The highest BCUT2D eigenvalue weighted by molar-refractivity contribution is 5.96. The van der Waals surface area contributed by atoms with Gasteiger partial charge in [0.05, 0.1) is 41.7 Å². The van der Waals surface area contributed by atoms with Gasteiger partial charge in [0.25, 0.3) is 11.8 Å². The molecule has 15 nitrogen and oxygen atoms in total. The van der Waals surface area contributed by atoms with Crippen LogP contribution >= 0.6 is 0 Å². The predicted molar refractivity (Wildman–Crippen MR) is 220 cm³/mol. The summed E-state index contributed by atoms with van der Waals surface area (Å²) in [7, 11) is 0. The molecule has 3 aliphatic carbocycles. The lowest BCUT2D eigenvalue weighted by atomic mass is 9.44. The zero-order valence-corrected chi connectivity index (χ0v) is 35.3. The van der Waals surface area contributed by atoms with Crippen LogP contribution in [0.5, 0.6) is 0 Å². The van der Waals surface area contributed by atoms with E-state index in [9.17, 15) is 39.3 Å². The van der Waals surface area contributed by atoms with E-state index in [1.54, 1.807) is 99.6 Å². The fourth-order valence-corrected chi connectivity index (χ4v) is 10.3. The molecule has 11 atom stereocenters. The topological polar surface area (TPSA) is 224 Å². The molecule has 1 heterocycles. The highest BCUT2D eigenvalue weighted by Crippen LogP contribution is 2.64. The zero-order chi connectivity index (χ0) is 44.9. The number of ether oxygens (including phenoxy) is 4.